The van der Waals surface area contributed by atoms with E-state index >= 15 is 0 Å². The van der Waals surface area contributed by atoms with Crippen LogP contribution in [0.2, 0.25) is 0 Å². The molecule has 0 aromatic heterocycles. The molecule has 32 heavy (non-hydrogen) atoms. The summed E-state index contributed by atoms with van der Waals surface area (Å²) in [4.78, 5) is 22.0. The smallest absolute Gasteiger partial charge is 0.193 e. The first kappa shape index (κ1) is 20.4. The highest BCUT2D eigenvalue weighted by atomic mass is 15.4. The maximum absolute atomic E-state index is 5.04. The average Bonchev–Trinajstić information content (AvgIpc) is 3.21. The van der Waals surface area contributed by atoms with Crippen molar-refractivity contribution < 1.29 is 0 Å². The second-order valence-corrected chi connectivity index (χ2v) is 10.4. The number of nitrogens with zero attached hydrogens (tertiary/aromatic N) is 6. The van der Waals surface area contributed by atoms with Crippen LogP contribution in [0.5, 0.6) is 0 Å². The Kier molecular flexibility index (Phi) is 5.73. The van der Waals surface area contributed by atoms with E-state index in [0.29, 0.717) is 23.7 Å². The molecule has 3 fully saturated rings. The molecule has 6 rings (SSSR count). The summed E-state index contributed by atoms with van der Waals surface area (Å²) >= 11 is 0. The van der Waals surface area contributed by atoms with E-state index in [0.717, 1.165) is 96.4 Å². The molecule has 0 spiro atoms. The molecule has 6 aliphatic heterocycles. The monoisotopic (exact) mass is 441 g/mol. The number of nitrogens with one attached hydrogen (secondary N) is 3. The van der Waals surface area contributed by atoms with Crippen molar-refractivity contribution in [1.29, 1.82) is 0 Å². The molecule has 0 aliphatic carbocycles. The van der Waals surface area contributed by atoms with Crippen LogP contribution in [0.1, 0.15) is 25.7 Å². The Morgan fingerprint density at radius 2 is 1.12 bits per heavy atom. The van der Waals surface area contributed by atoms with Crippen molar-refractivity contribution >= 4 is 17.9 Å². The molecule has 4 atom stereocenters. The highest BCUT2D eigenvalue weighted by Crippen LogP contribution is 2.27. The van der Waals surface area contributed by atoms with Crippen LogP contribution < -0.4 is 16.0 Å². The number of guanidine groups is 3. The summed E-state index contributed by atoms with van der Waals surface area (Å²) in [5.41, 5.74) is 0. The van der Waals surface area contributed by atoms with Gasteiger partial charge in [0, 0.05) is 90.4 Å². The minimum atomic E-state index is 0.625. The van der Waals surface area contributed by atoms with Crippen LogP contribution >= 0.6 is 0 Å². The second kappa shape index (κ2) is 8.98. The highest BCUT2D eigenvalue weighted by Gasteiger charge is 2.37. The summed E-state index contributed by atoms with van der Waals surface area (Å²) in [6.45, 7) is 12.9. The van der Waals surface area contributed by atoms with Gasteiger partial charge in [-0.3, -0.25) is 15.0 Å². The lowest BCUT2D eigenvalue weighted by atomic mass is 9.87. The number of hydrogen-bond acceptors (Lipinski definition) is 9. The molecule has 0 bridgehead atoms. The van der Waals surface area contributed by atoms with E-state index in [1.807, 2.05) is 0 Å². The fourth-order valence-corrected chi connectivity index (χ4v) is 6.36. The third-order valence-electron chi connectivity index (χ3n) is 8.35. The van der Waals surface area contributed by atoms with E-state index in [2.05, 4.69) is 35.6 Å². The first-order valence-corrected chi connectivity index (χ1v) is 12.9. The zero-order valence-electron chi connectivity index (χ0n) is 19.3. The number of rotatable bonds is 2. The van der Waals surface area contributed by atoms with Crippen molar-refractivity contribution in [3.63, 3.8) is 0 Å². The Hall–Kier alpha value is -2.19. The van der Waals surface area contributed by atoms with Crippen molar-refractivity contribution in [1.82, 2.24) is 30.7 Å². The SMILES string of the molecule is C1CCN2CC(C3CCN4CC(C5CNC6=NCCCN6C5)CN=C4NC3)CNC2=NC1. The van der Waals surface area contributed by atoms with Crippen molar-refractivity contribution in [3.05, 3.63) is 0 Å². The Bertz CT molecular complexity index is 777. The predicted molar refractivity (Wildman–Crippen MR) is 128 cm³/mol. The summed E-state index contributed by atoms with van der Waals surface area (Å²) in [5.74, 6) is 6.06. The minimum Gasteiger partial charge on any atom is -0.356 e. The second-order valence-electron chi connectivity index (χ2n) is 10.4. The first-order chi connectivity index (χ1) is 15.8. The average molecular weight is 442 g/mol. The van der Waals surface area contributed by atoms with E-state index in [1.54, 1.807) is 0 Å². The van der Waals surface area contributed by atoms with Crippen molar-refractivity contribution in [2.24, 2.45) is 38.6 Å². The fourth-order valence-electron chi connectivity index (χ4n) is 6.36. The van der Waals surface area contributed by atoms with E-state index < -0.39 is 0 Å². The lowest BCUT2D eigenvalue weighted by Gasteiger charge is -2.43. The van der Waals surface area contributed by atoms with Crippen LogP contribution in [0.3, 0.4) is 0 Å². The van der Waals surface area contributed by atoms with Gasteiger partial charge in [0.1, 0.15) is 0 Å². The first-order valence-electron chi connectivity index (χ1n) is 12.9. The van der Waals surface area contributed by atoms with Crippen molar-refractivity contribution in [2.75, 3.05) is 78.5 Å². The van der Waals surface area contributed by atoms with Gasteiger partial charge in [0.05, 0.1) is 0 Å². The van der Waals surface area contributed by atoms with Gasteiger partial charge in [-0.1, -0.05) is 0 Å². The van der Waals surface area contributed by atoms with Crippen LogP contribution in [-0.4, -0.2) is 111 Å². The van der Waals surface area contributed by atoms with Gasteiger partial charge in [-0.15, -0.1) is 0 Å². The van der Waals surface area contributed by atoms with Gasteiger partial charge in [-0.25, -0.2) is 0 Å². The normalized spacial score (nSPS) is 35.2. The number of aliphatic imine (C=N–C) groups is 3. The molecule has 9 nitrogen and oxygen atoms in total. The minimum absolute atomic E-state index is 0.625. The Morgan fingerprint density at radius 1 is 0.562 bits per heavy atom. The molecule has 0 radical (unpaired) electrons. The van der Waals surface area contributed by atoms with Gasteiger partial charge in [0.25, 0.3) is 0 Å². The van der Waals surface area contributed by atoms with Gasteiger partial charge in [-0.2, -0.15) is 0 Å². The van der Waals surface area contributed by atoms with Gasteiger partial charge in [0.2, 0.25) is 0 Å². The van der Waals surface area contributed by atoms with Crippen LogP contribution in [0, 0.1) is 23.7 Å². The Labute approximate surface area is 191 Å². The van der Waals surface area contributed by atoms with E-state index in [4.69, 9.17) is 9.98 Å². The van der Waals surface area contributed by atoms with Crippen molar-refractivity contribution in [3.8, 4) is 0 Å². The summed E-state index contributed by atoms with van der Waals surface area (Å²) < 4.78 is 0. The fraction of sp³-hybridized carbons (Fsp3) is 0.870. The van der Waals surface area contributed by atoms with Gasteiger partial charge < -0.3 is 30.7 Å². The molecule has 3 saturated heterocycles. The summed E-state index contributed by atoms with van der Waals surface area (Å²) in [7, 11) is 0. The van der Waals surface area contributed by atoms with E-state index in [-0.39, 0.29) is 0 Å². The topological polar surface area (TPSA) is 82.9 Å². The molecular weight excluding hydrogens is 402 g/mol. The number of hydrogen-bond donors (Lipinski definition) is 3. The van der Waals surface area contributed by atoms with Crippen LogP contribution in [0.15, 0.2) is 15.0 Å². The Morgan fingerprint density at radius 3 is 1.91 bits per heavy atom. The third kappa shape index (κ3) is 4.10. The molecule has 6 heterocycles. The van der Waals surface area contributed by atoms with Crippen LogP contribution in [0.25, 0.3) is 0 Å². The lowest BCUT2D eigenvalue weighted by molar-refractivity contribution is 0.177. The van der Waals surface area contributed by atoms with Crippen molar-refractivity contribution in [2.45, 2.75) is 25.7 Å². The quantitative estimate of drug-likeness (QED) is 0.552. The summed E-state index contributed by atoms with van der Waals surface area (Å²) in [6.07, 6.45) is 4.91. The van der Waals surface area contributed by atoms with E-state index in [1.165, 1.54) is 25.7 Å². The molecule has 0 aromatic carbocycles. The van der Waals surface area contributed by atoms with Gasteiger partial charge in [0.15, 0.2) is 17.9 Å². The molecule has 0 saturated carbocycles. The van der Waals surface area contributed by atoms with Crippen LogP contribution in [-0.2, 0) is 0 Å². The zero-order chi connectivity index (χ0) is 21.3. The maximum atomic E-state index is 5.04. The predicted octanol–water partition coefficient (Wildman–Crippen LogP) is -0.164. The van der Waals surface area contributed by atoms with E-state index in [9.17, 15) is 0 Å². The zero-order valence-corrected chi connectivity index (χ0v) is 19.3. The third-order valence-corrected chi connectivity index (χ3v) is 8.35. The van der Waals surface area contributed by atoms with Gasteiger partial charge in [-0.05, 0) is 37.5 Å². The van der Waals surface area contributed by atoms with Crippen LogP contribution in [0.4, 0.5) is 0 Å². The molecule has 6 aliphatic rings. The summed E-state index contributed by atoms with van der Waals surface area (Å²) in [6, 6.07) is 0. The molecular formula is C23H39N9. The molecule has 0 amide bonds. The van der Waals surface area contributed by atoms with Gasteiger partial charge >= 0.3 is 0 Å². The molecule has 3 N–H and O–H groups in total. The Balaban J connectivity index is 1.06. The lowest BCUT2D eigenvalue weighted by Crippen LogP contribution is -2.58. The molecule has 0 aromatic rings. The largest absolute Gasteiger partial charge is 0.356 e. The molecule has 9 heteroatoms. The molecule has 4 unspecified atom stereocenters. The number of fused-ring (bicyclic) bond motifs is 3. The highest BCUT2D eigenvalue weighted by molar-refractivity contribution is 5.82. The molecule has 176 valence electrons. The standard InChI is InChI=1S/C23H39N9/c1-2-7-30-14-18(11-27-21(30)24-5-1)17-4-9-32-16-20(13-29-23(32)26-10-17)19-12-28-22-25-6-3-8-31(22)15-19/h17-20H,1-16H2,(H,24,27)(H,25,28)(H,26,29). The summed E-state index contributed by atoms with van der Waals surface area (Å²) in [5, 5.41) is 11.0. The maximum Gasteiger partial charge on any atom is 0.193 e.